The number of carbonyl (C=O) groups excluding carboxylic acids is 2. The Hall–Kier alpha value is -2.91. The van der Waals surface area contributed by atoms with Gasteiger partial charge in [-0.2, -0.15) is 5.10 Å². The number of H-pyrrole nitrogens is 1. The van der Waals surface area contributed by atoms with Crippen LogP contribution in [0.4, 0.5) is 10.6 Å². The van der Waals surface area contributed by atoms with Crippen LogP contribution in [0, 0.1) is 0 Å². The Morgan fingerprint density at radius 3 is 2.73 bits per heavy atom. The quantitative estimate of drug-likeness (QED) is 0.693. The molecule has 9 heteroatoms. The average molecular weight is 456 g/mol. The number of nitrogens with one attached hydrogen (secondary N) is 2. The van der Waals surface area contributed by atoms with E-state index in [2.05, 4.69) is 15.5 Å². The van der Waals surface area contributed by atoms with Gasteiger partial charge >= 0.3 is 6.09 Å². The second-order valence-electron chi connectivity index (χ2n) is 9.46. The first kappa shape index (κ1) is 23.3. The maximum Gasteiger partial charge on any atom is 0.411 e. The molecule has 1 fully saturated rings. The van der Waals surface area contributed by atoms with Crippen LogP contribution in [0.1, 0.15) is 56.0 Å². The Balaban J connectivity index is 1.49. The number of aromatic nitrogens is 2. The highest BCUT2D eigenvalue weighted by Crippen LogP contribution is 2.41. The average Bonchev–Trinajstić information content (AvgIpc) is 3.32. The van der Waals surface area contributed by atoms with Crippen LogP contribution in [-0.2, 0) is 26.4 Å². The van der Waals surface area contributed by atoms with Crippen LogP contribution in [0.5, 0.6) is 0 Å². The van der Waals surface area contributed by atoms with Crippen molar-refractivity contribution in [3.05, 3.63) is 47.2 Å². The standard InChI is InChI=1S/C24H33N5O4/c1-24(2)20-17(21(27-26-20)25-22(30)18-12-8-9-13-32-18)14-29(24)23(31)33-19(15-28(3)4)16-10-6-5-7-11-16/h5-7,10-11,18-19H,8-9,12-15H2,1-4H3,(H2,25,26,27,30)/t18?,19-/m1/s1. The van der Waals surface area contributed by atoms with Crippen molar-refractivity contribution in [2.24, 2.45) is 0 Å². The topological polar surface area (TPSA) is 99.8 Å². The molecule has 2 aromatic rings. The molecule has 2 amide bonds. The van der Waals surface area contributed by atoms with Gasteiger partial charge in [-0.1, -0.05) is 30.3 Å². The molecular weight excluding hydrogens is 422 g/mol. The van der Waals surface area contributed by atoms with Gasteiger partial charge in [0.1, 0.15) is 12.2 Å². The van der Waals surface area contributed by atoms with E-state index in [1.54, 1.807) is 4.90 Å². The summed E-state index contributed by atoms with van der Waals surface area (Å²) in [5, 5.41) is 10.2. The summed E-state index contributed by atoms with van der Waals surface area (Å²) < 4.78 is 11.6. The minimum atomic E-state index is -0.664. The smallest absolute Gasteiger partial charge is 0.411 e. The molecule has 0 bridgehead atoms. The zero-order valence-electron chi connectivity index (χ0n) is 19.8. The largest absolute Gasteiger partial charge is 0.440 e. The molecule has 0 radical (unpaired) electrons. The van der Waals surface area contributed by atoms with Gasteiger partial charge in [0.05, 0.1) is 17.8 Å². The first-order chi connectivity index (χ1) is 15.8. The van der Waals surface area contributed by atoms with E-state index in [1.807, 2.05) is 63.2 Å². The molecule has 1 saturated heterocycles. The number of carbonyl (C=O) groups is 2. The van der Waals surface area contributed by atoms with Crippen LogP contribution < -0.4 is 5.32 Å². The number of hydrogen-bond acceptors (Lipinski definition) is 6. The third-order valence-electron chi connectivity index (χ3n) is 6.35. The van der Waals surface area contributed by atoms with Crippen LogP contribution in [0.2, 0.25) is 0 Å². The predicted octanol–water partition coefficient (Wildman–Crippen LogP) is 3.41. The number of amides is 2. The van der Waals surface area contributed by atoms with Gasteiger partial charge in [-0.05, 0) is 52.8 Å². The van der Waals surface area contributed by atoms with Crippen LogP contribution in [-0.4, -0.2) is 65.3 Å². The van der Waals surface area contributed by atoms with E-state index in [-0.39, 0.29) is 5.91 Å². The lowest BCUT2D eigenvalue weighted by atomic mass is 10.0. The summed E-state index contributed by atoms with van der Waals surface area (Å²) in [4.78, 5) is 29.6. The van der Waals surface area contributed by atoms with Gasteiger partial charge in [0.15, 0.2) is 5.82 Å². The van der Waals surface area contributed by atoms with Crippen LogP contribution >= 0.6 is 0 Å². The van der Waals surface area contributed by atoms with Crippen molar-refractivity contribution in [2.45, 2.75) is 57.4 Å². The highest BCUT2D eigenvalue weighted by molar-refractivity contribution is 5.94. The van der Waals surface area contributed by atoms with Crippen LogP contribution in [0.25, 0.3) is 0 Å². The lowest BCUT2D eigenvalue weighted by Gasteiger charge is -2.33. The summed E-state index contributed by atoms with van der Waals surface area (Å²) in [5.74, 6) is 0.249. The molecular formula is C24H33N5O4. The second-order valence-corrected chi connectivity index (χ2v) is 9.46. The highest BCUT2D eigenvalue weighted by Gasteiger charge is 2.45. The summed E-state index contributed by atoms with van der Waals surface area (Å²) in [6.45, 7) is 5.34. The third kappa shape index (κ3) is 4.89. The van der Waals surface area contributed by atoms with Gasteiger partial charge in [-0.3, -0.25) is 14.8 Å². The van der Waals surface area contributed by atoms with Crippen molar-refractivity contribution < 1.29 is 19.1 Å². The number of aromatic amines is 1. The lowest BCUT2D eigenvalue weighted by molar-refractivity contribution is -0.130. The summed E-state index contributed by atoms with van der Waals surface area (Å²) in [7, 11) is 3.90. The molecule has 2 aliphatic heterocycles. The summed E-state index contributed by atoms with van der Waals surface area (Å²) >= 11 is 0. The zero-order chi connectivity index (χ0) is 23.6. The molecule has 2 N–H and O–H groups in total. The van der Waals surface area contributed by atoms with Gasteiger partial charge in [0.2, 0.25) is 0 Å². The van der Waals surface area contributed by atoms with Crippen molar-refractivity contribution >= 4 is 17.8 Å². The van der Waals surface area contributed by atoms with E-state index in [4.69, 9.17) is 9.47 Å². The monoisotopic (exact) mass is 455 g/mol. The molecule has 4 rings (SSSR count). The summed E-state index contributed by atoms with van der Waals surface area (Å²) in [6.07, 6.45) is 1.38. The van der Waals surface area contributed by atoms with Gasteiger partial charge in [-0.25, -0.2) is 4.79 Å². The van der Waals surface area contributed by atoms with Crippen molar-refractivity contribution in [1.29, 1.82) is 0 Å². The number of nitrogens with zero attached hydrogens (tertiary/aromatic N) is 3. The Morgan fingerprint density at radius 1 is 1.30 bits per heavy atom. The Bertz CT molecular complexity index is 982. The van der Waals surface area contributed by atoms with E-state index >= 15 is 0 Å². The van der Waals surface area contributed by atoms with E-state index in [9.17, 15) is 9.59 Å². The van der Waals surface area contributed by atoms with Crippen molar-refractivity contribution in [2.75, 3.05) is 32.6 Å². The molecule has 1 unspecified atom stereocenters. The normalized spacial score (nSPS) is 20.4. The fraction of sp³-hybridized carbons (Fsp3) is 0.542. The number of likely N-dealkylation sites (N-methyl/N-ethyl adjacent to an activating group) is 1. The number of rotatable bonds is 6. The SMILES string of the molecule is CN(C)C[C@@H](OC(=O)N1Cc2c(NC(=O)C3CCCCO3)n[nH]c2C1(C)C)c1ccccc1. The molecule has 0 aliphatic carbocycles. The Kier molecular flexibility index (Phi) is 6.71. The fourth-order valence-corrected chi connectivity index (χ4v) is 4.45. The number of anilines is 1. The molecule has 0 saturated carbocycles. The highest BCUT2D eigenvalue weighted by atomic mass is 16.6. The maximum atomic E-state index is 13.3. The fourth-order valence-electron chi connectivity index (χ4n) is 4.45. The van der Waals surface area contributed by atoms with E-state index in [0.29, 0.717) is 31.9 Å². The zero-order valence-corrected chi connectivity index (χ0v) is 19.8. The molecule has 178 valence electrons. The van der Waals surface area contributed by atoms with Gasteiger partial charge in [-0.15, -0.1) is 0 Å². The Morgan fingerprint density at radius 2 is 2.06 bits per heavy atom. The second kappa shape index (κ2) is 9.52. The molecule has 2 aliphatic rings. The molecule has 2 atom stereocenters. The van der Waals surface area contributed by atoms with E-state index < -0.39 is 23.8 Å². The Labute approximate surface area is 194 Å². The molecule has 9 nitrogen and oxygen atoms in total. The molecule has 0 spiro atoms. The number of hydrogen-bond donors (Lipinski definition) is 2. The summed E-state index contributed by atoms with van der Waals surface area (Å²) in [6, 6.07) is 9.74. The first-order valence-corrected chi connectivity index (χ1v) is 11.5. The van der Waals surface area contributed by atoms with Crippen molar-refractivity contribution in [3.63, 3.8) is 0 Å². The third-order valence-corrected chi connectivity index (χ3v) is 6.35. The van der Waals surface area contributed by atoms with Gasteiger partial charge in [0, 0.05) is 18.7 Å². The van der Waals surface area contributed by atoms with Gasteiger partial charge < -0.3 is 19.7 Å². The maximum absolute atomic E-state index is 13.3. The molecule has 33 heavy (non-hydrogen) atoms. The minimum Gasteiger partial charge on any atom is -0.440 e. The number of fused-ring (bicyclic) bond motifs is 1. The van der Waals surface area contributed by atoms with E-state index in [0.717, 1.165) is 29.7 Å². The van der Waals surface area contributed by atoms with E-state index in [1.165, 1.54) is 0 Å². The lowest BCUT2D eigenvalue weighted by Crippen LogP contribution is -2.42. The molecule has 1 aromatic heterocycles. The summed E-state index contributed by atoms with van der Waals surface area (Å²) in [5.41, 5.74) is 1.87. The van der Waals surface area contributed by atoms with Crippen molar-refractivity contribution in [3.8, 4) is 0 Å². The van der Waals surface area contributed by atoms with Gasteiger partial charge in [0.25, 0.3) is 5.91 Å². The number of ether oxygens (including phenoxy) is 2. The molecule has 1 aromatic carbocycles. The van der Waals surface area contributed by atoms with Crippen molar-refractivity contribution in [1.82, 2.24) is 20.0 Å². The minimum absolute atomic E-state index is 0.196. The van der Waals surface area contributed by atoms with Crippen LogP contribution in [0.3, 0.4) is 0 Å². The molecule has 3 heterocycles. The first-order valence-electron chi connectivity index (χ1n) is 11.5. The predicted molar refractivity (Wildman–Crippen MR) is 124 cm³/mol. The van der Waals surface area contributed by atoms with Crippen LogP contribution in [0.15, 0.2) is 30.3 Å². The number of benzene rings is 1.